The number of hydrogen-bond acceptors (Lipinski definition) is 1. The van der Waals surface area contributed by atoms with Crippen LogP contribution < -0.4 is 5.32 Å². The third-order valence-electron chi connectivity index (χ3n) is 0.848. The summed E-state index contributed by atoms with van der Waals surface area (Å²) in [6.45, 7) is 10.3. The molecule has 0 fully saturated rings. The van der Waals surface area contributed by atoms with Crippen molar-refractivity contribution >= 4 is 0 Å². The second kappa shape index (κ2) is 4.44. The van der Waals surface area contributed by atoms with E-state index in [4.69, 9.17) is 0 Å². The van der Waals surface area contributed by atoms with Gasteiger partial charge in [-0.15, -0.1) is 0 Å². The maximum atomic E-state index is 3.68. The van der Waals surface area contributed by atoms with Crippen LogP contribution in [0, 0.1) is 0 Å². The molecule has 0 aromatic rings. The van der Waals surface area contributed by atoms with E-state index in [1.807, 2.05) is 0 Å². The fraction of sp³-hybridized carbons (Fsp3) is 0.429. The van der Waals surface area contributed by atoms with Gasteiger partial charge in [0.1, 0.15) is 0 Å². The summed E-state index contributed by atoms with van der Waals surface area (Å²) in [5.41, 5.74) is 0.909. The molecule has 0 bridgehead atoms. The van der Waals surface area contributed by atoms with Gasteiger partial charge in [0.2, 0.25) is 0 Å². The normalized spacial score (nSPS) is 8.12. The predicted octanol–water partition coefficient (Wildman–Crippen LogP) is 1.69. The Hall–Kier alpha value is -0.720. The molecule has 8 heavy (non-hydrogen) atoms. The Morgan fingerprint density at radius 1 is 1.75 bits per heavy atom. The van der Waals surface area contributed by atoms with Crippen LogP contribution in [0.2, 0.25) is 0 Å². The average Bonchev–Trinajstić information content (AvgIpc) is 1.83. The molecule has 0 heterocycles. The largest absolute Gasteiger partial charge is 0.386 e. The summed E-state index contributed by atoms with van der Waals surface area (Å²) >= 11 is 0. The van der Waals surface area contributed by atoms with Crippen LogP contribution in [-0.2, 0) is 0 Å². The predicted molar refractivity (Wildman–Crippen MR) is 37.6 cm³/mol. The lowest BCUT2D eigenvalue weighted by atomic mass is 10.4. The van der Waals surface area contributed by atoms with Crippen molar-refractivity contribution in [3.05, 3.63) is 24.9 Å². The first-order valence-corrected chi connectivity index (χ1v) is 2.86. The topological polar surface area (TPSA) is 12.0 Å². The van der Waals surface area contributed by atoms with Gasteiger partial charge in [-0.3, -0.25) is 0 Å². The van der Waals surface area contributed by atoms with Gasteiger partial charge in [0.25, 0.3) is 0 Å². The van der Waals surface area contributed by atoms with E-state index in [-0.39, 0.29) is 0 Å². The maximum absolute atomic E-state index is 3.68. The summed E-state index contributed by atoms with van der Waals surface area (Å²) in [4.78, 5) is 0. The second-order valence-corrected chi connectivity index (χ2v) is 1.66. The molecular weight excluding hydrogens is 98.1 g/mol. The van der Waals surface area contributed by atoms with Gasteiger partial charge in [0, 0.05) is 12.2 Å². The summed E-state index contributed by atoms with van der Waals surface area (Å²) in [6.07, 6.45) is 2.85. The molecule has 0 atom stereocenters. The second-order valence-electron chi connectivity index (χ2n) is 1.66. The molecule has 0 saturated heterocycles. The molecule has 1 heteroatoms. The molecule has 0 aliphatic carbocycles. The highest BCUT2D eigenvalue weighted by Crippen LogP contribution is 1.82. The SMILES string of the molecule is C=CC(=C)NCCC. The van der Waals surface area contributed by atoms with E-state index >= 15 is 0 Å². The van der Waals surface area contributed by atoms with Crippen LogP contribution in [0.15, 0.2) is 24.9 Å². The van der Waals surface area contributed by atoms with E-state index in [2.05, 4.69) is 25.4 Å². The molecule has 0 saturated carbocycles. The molecule has 0 amide bonds. The summed E-state index contributed by atoms with van der Waals surface area (Å²) in [6, 6.07) is 0. The van der Waals surface area contributed by atoms with Gasteiger partial charge in [-0.1, -0.05) is 20.1 Å². The molecule has 0 unspecified atom stereocenters. The molecule has 1 N–H and O–H groups in total. The van der Waals surface area contributed by atoms with Crippen LogP contribution in [0.4, 0.5) is 0 Å². The van der Waals surface area contributed by atoms with Crippen molar-refractivity contribution in [3.8, 4) is 0 Å². The summed E-state index contributed by atoms with van der Waals surface area (Å²) < 4.78 is 0. The van der Waals surface area contributed by atoms with Crippen molar-refractivity contribution in [2.75, 3.05) is 6.54 Å². The molecule has 0 spiro atoms. The number of allylic oxidation sites excluding steroid dienone is 1. The van der Waals surface area contributed by atoms with Crippen molar-refractivity contribution in [1.29, 1.82) is 0 Å². The quantitative estimate of drug-likeness (QED) is 0.544. The van der Waals surface area contributed by atoms with Crippen molar-refractivity contribution in [3.63, 3.8) is 0 Å². The van der Waals surface area contributed by atoms with E-state index in [0.29, 0.717) is 0 Å². The first kappa shape index (κ1) is 7.28. The Morgan fingerprint density at radius 3 is 2.75 bits per heavy atom. The van der Waals surface area contributed by atoms with Crippen LogP contribution in [0.3, 0.4) is 0 Å². The maximum Gasteiger partial charge on any atom is 0.0261 e. The highest BCUT2D eigenvalue weighted by molar-refractivity contribution is 5.07. The molecule has 0 aromatic carbocycles. The average molecular weight is 111 g/mol. The summed E-state index contributed by atoms with van der Waals surface area (Å²) in [5.74, 6) is 0. The van der Waals surface area contributed by atoms with Crippen molar-refractivity contribution in [2.24, 2.45) is 0 Å². The first-order valence-electron chi connectivity index (χ1n) is 2.86. The highest BCUT2D eigenvalue weighted by Gasteiger charge is 1.79. The van der Waals surface area contributed by atoms with Gasteiger partial charge in [0.15, 0.2) is 0 Å². The third-order valence-corrected chi connectivity index (χ3v) is 0.848. The van der Waals surface area contributed by atoms with Gasteiger partial charge in [-0.05, 0) is 12.5 Å². The zero-order chi connectivity index (χ0) is 6.41. The lowest BCUT2D eigenvalue weighted by Crippen LogP contribution is -2.10. The summed E-state index contributed by atoms with van der Waals surface area (Å²) in [7, 11) is 0. The van der Waals surface area contributed by atoms with Crippen molar-refractivity contribution in [2.45, 2.75) is 13.3 Å². The molecule has 46 valence electrons. The van der Waals surface area contributed by atoms with Crippen molar-refractivity contribution in [1.82, 2.24) is 5.32 Å². The standard InChI is InChI=1S/C7H13N/c1-4-6-8-7(3)5-2/h5,8H,2-4,6H2,1H3. The lowest BCUT2D eigenvalue weighted by molar-refractivity contribution is 0.787. The van der Waals surface area contributed by atoms with Gasteiger partial charge >= 0.3 is 0 Å². The van der Waals surface area contributed by atoms with Gasteiger partial charge in [-0.2, -0.15) is 0 Å². The zero-order valence-corrected chi connectivity index (χ0v) is 5.41. The van der Waals surface area contributed by atoms with E-state index in [1.165, 1.54) is 0 Å². The van der Waals surface area contributed by atoms with E-state index < -0.39 is 0 Å². The van der Waals surface area contributed by atoms with Gasteiger partial charge < -0.3 is 5.32 Å². The fourth-order valence-corrected chi connectivity index (χ4v) is 0.358. The molecule has 0 radical (unpaired) electrons. The Labute approximate surface area is 51.1 Å². The van der Waals surface area contributed by atoms with Gasteiger partial charge in [-0.25, -0.2) is 0 Å². The van der Waals surface area contributed by atoms with E-state index in [0.717, 1.165) is 18.7 Å². The summed E-state index contributed by atoms with van der Waals surface area (Å²) in [5, 5.41) is 3.07. The zero-order valence-electron chi connectivity index (χ0n) is 5.41. The van der Waals surface area contributed by atoms with E-state index in [9.17, 15) is 0 Å². The minimum Gasteiger partial charge on any atom is -0.386 e. The van der Waals surface area contributed by atoms with E-state index in [1.54, 1.807) is 6.08 Å². The highest BCUT2D eigenvalue weighted by atomic mass is 14.9. The first-order chi connectivity index (χ1) is 3.81. The molecule has 0 aromatic heterocycles. The Balaban J connectivity index is 3.11. The fourth-order valence-electron chi connectivity index (χ4n) is 0.358. The molecule has 1 nitrogen and oxygen atoms in total. The van der Waals surface area contributed by atoms with Crippen LogP contribution >= 0.6 is 0 Å². The Kier molecular flexibility index (Phi) is 4.04. The minimum atomic E-state index is 0.909. The van der Waals surface area contributed by atoms with Crippen LogP contribution in [-0.4, -0.2) is 6.54 Å². The molecular formula is C7H13N. The number of nitrogens with one attached hydrogen (secondary N) is 1. The third kappa shape index (κ3) is 3.47. The lowest BCUT2D eigenvalue weighted by Gasteiger charge is -2.00. The Bertz CT molecular complexity index is 84.4. The smallest absolute Gasteiger partial charge is 0.0261 e. The van der Waals surface area contributed by atoms with Crippen LogP contribution in [0.1, 0.15) is 13.3 Å². The van der Waals surface area contributed by atoms with Crippen LogP contribution in [0.5, 0.6) is 0 Å². The van der Waals surface area contributed by atoms with Crippen molar-refractivity contribution < 1.29 is 0 Å². The number of hydrogen-bond donors (Lipinski definition) is 1. The Morgan fingerprint density at radius 2 is 2.38 bits per heavy atom. The monoisotopic (exact) mass is 111 g/mol. The molecule has 0 aliphatic heterocycles. The molecule has 0 aliphatic rings. The van der Waals surface area contributed by atoms with Gasteiger partial charge in [0.05, 0.1) is 0 Å². The molecule has 0 rings (SSSR count). The minimum absolute atomic E-state index is 0.909. The van der Waals surface area contributed by atoms with Crippen LogP contribution in [0.25, 0.3) is 0 Å². The number of rotatable bonds is 4.